The molecule has 1 heterocycles. The van der Waals surface area contributed by atoms with Gasteiger partial charge in [0.2, 0.25) is 5.95 Å². The standard InChI is InChI=1S/C11H7BrFN5/c12-7-2-1-6(4-14)9(3-7)17-10-8(13)5-16-11(15)18-10/h1-3,5H,(H3,15,16,17,18). The van der Waals surface area contributed by atoms with Crippen LogP contribution in [0.2, 0.25) is 0 Å². The summed E-state index contributed by atoms with van der Waals surface area (Å²) in [7, 11) is 0. The minimum absolute atomic E-state index is 0.0487. The molecule has 0 atom stereocenters. The van der Waals surface area contributed by atoms with Gasteiger partial charge in [-0.05, 0) is 18.2 Å². The van der Waals surface area contributed by atoms with Gasteiger partial charge >= 0.3 is 0 Å². The summed E-state index contributed by atoms with van der Waals surface area (Å²) >= 11 is 3.27. The van der Waals surface area contributed by atoms with E-state index in [1.807, 2.05) is 6.07 Å². The van der Waals surface area contributed by atoms with E-state index in [1.54, 1.807) is 18.2 Å². The van der Waals surface area contributed by atoms with Gasteiger partial charge in [0.1, 0.15) is 6.07 Å². The average Bonchev–Trinajstić information content (AvgIpc) is 2.34. The third kappa shape index (κ3) is 2.55. The predicted octanol–water partition coefficient (Wildman–Crippen LogP) is 2.58. The molecule has 0 fully saturated rings. The van der Waals surface area contributed by atoms with Crippen molar-refractivity contribution in [2.75, 3.05) is 11.1 Å². The van der Waals surface area contributed by atoms with Crippen LogP contribution < -0.4 is 11.1 Å². The fourth-order valence-corrected chi connectivity index (χ4v) is 1.67. The topological polar surface area (TPSA) is 87.6 Å². The third-order valence-electron chi connectivity index (χ3n) is 2.12. The molecule has 0 aliphatic heterocycles. The summed E-state index contributed by atoms with van der Waals surface area (Å²) in [6.07, 6.45) is 0.967. The number of nitrogens with two attached hydrogens (primary N) is 1. The molecule has 0 aliphatic rings. The first-order chi connectivity index (χ1) is 8.60. The summed E-state index contributed by atoms with van der Waals surface area (Å²) < 4.78 is 14.2. The highest BCUT2D eigenvalue weighted by Gasteiger charge is 2.09. The van der Waals surface area contributed by atoms with E-state index in [2.05, 4.69) is 31.2 Å². The summed E-state index contributed by atoms with van der Waals surface area (Å²) in [5.41, 5.74) is 6.18. The van der Waals surface area contributed by atoms with Gasteiger partial charge in [-0.1, -0.05) is 15.9 Å². The van der Waals surface area contributed by atoms with Crippen molar-refractivity contribution in [3.8, 4) is 6.07 Å². The van der Waals surface area contributed by atoms with E-state index < -0.39 is 5.82 Å². The minimum atomic E-state index is -0.645. The van der Waals surface area contributed by atoms with Crippen LogP contribution in [0, 0.1) is 17.1 Å². The Morgan fingerprint density at radius 2 is 2.22 bits per heavy atom. The number of nitrogens with one attached hydrogen (secondary N) is 1. The molecule has 3 N–H and O–H groups in total. The molecule has 2 aromatic rings. The van der Waals surface area contributed by atoms with Crippen molar-refractivity contribution in [1.29, 1.82) is 5.26 Å². The monoisotopic (exact) mass is 307 g/mol. The molecular weight excluding hydrogens is 301 g/mol. The van der Waals surface area contributed by atoms with Crippen molar-refractivity contribution in [2.45, 2.75) is 0 Å². The maximum absolute atomic E-state index is 13.5. The zero-order valence-electron chi connectivity index (χ0n) is 8.98. The summed E-state index contributed by atoms with van der Waals surface area (Å²) in [6, 6.07) is 6.97. The van der Waals surface area contributed by atoms with Crippen LogP contribution in [0.1, 0.15) is 5.56 Å². The summed E-state index contributed by atoms with van der Waals surface area (Å²) in [5.74, 6) is -0.766. The van der Waals surface area contributed by atoms with Gasteiger partial charge in [0.25, 0.3) is 0 Å². The van der Waals surface area contributed by atoms with E-state index in [1.165, 1.54) is 0 Å². The van der Waals surface area contributed by atoms with E-state index in [4.69, 9.17) is 11.0 Å². The van der Waals surface area contributed by atoms with Gasteiger partial charge in [0.15, 0.2) is 11.6 Å². The molecule has 1 aromatic heterocycles. The quantitative estimate of drug-likeness (QED) is 0.890. The maximum Gasteiger partial charge on any atom is 0.222 e. The molecule has 0 unspecified atom stereocenters. The van der Waals surface area contributed by atoms with E-state index in [0.29, 0.717) is 11.3 Å². The second kappa shape index (κ2) is 4.98. The van der Waals surface area contributed by atoms with Gasteiger partial charge in [-0.15, -0.1) is 0 Å². The van der Waals surface area contributed by atoms with Crippen molar-refractivity contribution in [3.63, 3.8) is 0 Å². The number of halogens is 2. The zero-order chi connectivity index (χ0) is 13.1. The Morgan fingerprint density at radius 3 is 2.94 bits per heavy atom. The molecule has 0 spiro atoms. The van der Waals surface area contributed by atoms with Crippen LogP contribution in [0.3, 0.4) is 0 Å². The number of nitrogens with zero attached hydrogens (tertiary/aromatic N) is 3. The van der Waals surface area contributed by atoms with E-state index in [0.717, 1.165) is 10.7 Å². The Hall–Kier alpha value is -2.20. The van der Waals surface area contributed by atoms with Gasteiger partial charge in [0.05, 0.1) is 17.4 Å². The van der Waals surface area contributed by atoms with Crippen molar-refractivity contribution >= 4 is 33.4 Å². The Kier molecular flexibility index (Phi) is 3.39. The highest BCUT2D eigenvalue weighted by atomic mass is 79.9. The van der Waals surface area contributed by atoms with Crippen molar-refractivity contribution in [1.82, 2.24) is 9.97 Å². The molecule has 90 valence electrons. The largest absolute Gasteiger partial charge is 0.368 e. The smallest absolute Gasteiger partial charge is 0.222 e. The molecule has 0 radical (unpaired) electrons. The number of hydrogen-bond donors (Lipinski definition) is 2. The fourth-order valence-electron chi connectivity index (χ4n) is 1.31. The first-order valence-electron chi connectivity index (χ1n) is 4.85. The van der Waals surface area contributed by atoms with E-state index >= 15 is 0 Å². The molecule has 0 amide bonds. The molecule has 2 rings (SSSR count). The lowest BCUT2D eigenvalue weighted by Gasteiger charge is -2.08. The van der Waals surface area contributed by atoms with Crippen LogP contribution in [-0.2, 0) is 0 Å². The Bertz CT molecular complexity index is 638. The van der Waals surface area contributed by atoms with Crippen molar-refractivity contribution in [3.05, 3.63) is 40.2 Å². The van der Waals surface area contributed by atoms with Gasteiger partial charge in [-0.25, -0.2) is 9.37 Å². The number of rotatable bonds is 2. The van der Waals surface area contributed by atoms with Crippen LogP contribution in [0.25, 0.3) is 0 Å². The predicted molar refractivity (Wildman–Crippen MR) is 68.5 cm³/mol. The zero-order valence-corrected chi connectivity index (χ0v) is 10.6. The Labute approximate surface area is 111 Å². The van der Waals surface area contributed by atoms with Gasteiger partial charge < -0.3 is 11.1 Å². The van der Waals surface area contributed by atoms with Gasteiger partial charge in [-0.2, -0.15) is 10.2 Å². The second-order valence-corrected chi connectivity index (χ2v) is 4.27. The van der Waals surface area contributed by atoms with Crippen molar-refractivity contribution < 1.29 is 4.39 Å². The summed E-state index contributed by atoms with van der Waals surface area (Å²) in [4.78, 5) is 7.25. The molecule has 7 heteroatoms. The number of nitriles is 1. The number of hydrogen-bond acceptors (Lipinski definition) is 5. The normalized spacial score (nSPS) is 9.83. The second-order valence-electron chi connectivity index (χ2n) is 3.35. The first-order valence-corrected chi connectivity index (χ1v) is 5.64. The fraction of sp³-hybridized carbons (Fsp3) is 0. The first kappa shape index (κ1) is 12.3. The number of aromatic nitrogens is 2. The van der Waals surface area contributed by atoms with E-state index in [9.17, 15) is 4.39 Å². The molecule has 0 saturated heterocycles. The number of anilines is 3. The van der Waals surface area contributed by atoms with Crippen LogP contribution in [0.5, 0.6) is 0 Å². The summed E-state index contributed by atoms with van der Waals surface area (Å²) in [6.45, 7) is 0. The molecule has 0 bridgehead atoms. The van der Waals surface area contributed by atoms with Gasteiger partial charge in [-0.3, -0.25) is 0 Å². The Balaban J connectivity index is 2.43. The highest BCUT2D eigenvalue weighted by Crippen LogP contribution is 2.24. The number of nitrogen functional groups attached to an aromatic ring is 1. The molecular formula is C11H7BrFN5. The van der Waals surface area contributed by atoms with E-state index in [-0.39, 0.29) is 11.8 Å². The minimum Gasteiger partial charge on any atom is -0.368 e. The van der Waals surface area contributed by atoms with Crippen molar-refractivity contribution in [2.24, 2.45) is 0 Å². The Morgan fingerprint density at radius 1 is 1.44 bits per heavy atom. The molecule has 5 nitrogen and oxygen atoms in total. The molecule has 0 aliphatic carbocycles. The van der Waals surface area contributed by atoms with Crippen LogP contribution in [-0.4, -0.2) is 9.97 Å². The number of benzene rings is 1. The maximum atomic E-state index is 13.5. The lowest BCUT2D eigenvalue weighted by atomic mass is 10.2. The highest BCUT2D eigenvalue weighted by molar-refractivity contribution is 9.10. The molecule has 18 heavy (non-hydrogen) atoms. The van der Waals surface area contributed by atoms with Gasteiger partial charge in [0, 0.05) is 4.47 Å². The SMILES string of the molecule is N#Cc1ccc(Br)cc1Nc1nc(N)ncc1F. The lowest BCUT2D eigenvalue weighted by molar-refractivity contribution is 0.620. The lowest BCUT2D eigenvalue weighted by Crippen LogP contribution is -2.03. The van der Waals surface area contributed by atoms with Crippen LogP contribution >= 0.6 is 15.9 Å². The molecule has 0 saturated carbocycles. The summed E-state index contributed by atoms with van der Waals surface area (Å²) in [5, 5.41) is 11.7. The average molecular weight is 308 g/mol. The third-order valence-corrected chi connectivity index (χ3v) is 2.61. The van der Waals surface area contributed by atoms with Crippen LogP contribution in [0.15, 0.2) is 28.9 Å². The molecule has 1 aromatic carbocycles. The van der Waals surface area contributed by atoms with Crippen LogP contribution in [0.4, 0.5) is 21.8 Å².